The van der Waals surface area contributed by atoms with Gasteiger partial charge in [-0.1, -0.05) is 65.2 Å². The fraction of sp³-hybridized carbons (Fsp3) is 0.607. The lowest BCUT2D eigenvalue weighted by Gasteiger charge is -2.15. The van der Waals surface area contributed by atoms with E-state index in [9.17, 15) is 4.79 Å². The maximum atomic E-state index is 11.8. The van der Waals surface area contributed by atoms with Crippen LogP contribution in [0.5, 0.6) is 5.75 Å². The van der Waals surface area contributed by atoms with Crippen molar-refractivity contribution in [2.75, 3.05) is 6.61 Å². The van der Waals surface area contributed by atoms with Crippen LogP contribution >= 0.6 is 0 Å². The van der Waals surface area contributed by atoms with Gasteiger partial charge in [-0.05, 0) is 62.6 Å². The van der Waals surface area contributed by atoms with Crippen molar-refractivity contribution in [1.82, 2.24) is 10.2 Å². The van der Waals surface area contributed by atoms with E-state index in [4.69, 9.17) is 9.47 Å². The third-order valence-electron chi connectivity index (χ3n) is 5.71. The van der Waals surface area contributed by atoms with Gasteiger partial charge in [0.2, 0.25) is 0 Å². The Morgan fingerprint density at radius 2 is 1.48 bits per heavy atom. The van der Waals surface area contributed by atoms with Crippen LogP contribution in [0.25, 0.3) is 11.3 Å². The summed E-state index contributed by atoms with van der Waals surface area (Å²) in [6.07, 6.45) is 13.3. The Kier molecular flexibility index (Phi) is 13.2. The van der Waals surface area contributed by atoms with Gasteiger partial charge < -0.3 is 9.47 Å². The predicted molar refractivity (Wildman–Crippen MR) is 134 cm³/mol. The van der Waals surface area contributed by atoms with E-state index in [-0.39, 0.29) is 18.7 Å². The smallest absolute Gasteiger partial charge is 0.305 e. The highest BCUT2D eigenvalue weighted by molar-refractivity contribution is 5.69. The largest absolute Gasteiger partial charge is 0.487 e. The summed E-state index contributed by atoms with van der Waals surface area (Å²) in [5, 5.41) is 8.81. The minimum Gasteiger partial charge on any atom is -0.487 e. The summed E-state index contributed by atoms with van der Waals surface area (Å²) in [7, 11) is 0. The van der Waals surface area contributed by atoms with E-state index < -0.39 is 0 Å². The molecule has 0 aliphatic rings. The summed E-state index contributed by atoms with van der Waals surface area (Å²) in [6.45, 7) is 6.57. The Morgan fingerprint density at radius 3 is 2.15 bits per heavy atom. The van der Waals surface area contributed by atoms with Gasteiger partial charge in [-0.2, -0.15) is 10.2 Å². The zero-order valence-corrected chi connectivity index (χ0v) is 20.9. The summed E-state index contributed by atoms with van der Waals surface area (Å²) in [4.78, 5) is 11.8. The van der Waals surface area contributed by atoms with E-state index in [0.29, 0.717) is 6.42 Å². The van der Waals surface area contributed by atoms with E-state index in [1.807, 2.05) is 37.3 Å². The quantitative estimate of drug-likeness (QED) is 0.185. The summed E-state index contributed by atoms with van der Waals surface area (Å²) in [5.74, 6) is 0.605. The number of nitrogens with zero attached hydrogens (tertiary/aromatic N) is 2. The molecule has 0 aliphatic carbocycles. The first-order valence-electron chi connectivity index (χ1n) is 12.9. The molecule has 0 bridgehead atoms. The maximum absolute atomic E-state index is 11.8. The molecule has 0 spiro atoms. The zero-order valence-electron chi connectivity index (χ0n) is 20.9. The predicted octanol–water partition coefficient (Wildman–Crippen LogP) is 7.33. The van der Waals surface area contributed by atoms with Crippen LogP contribution < -0.4 is 4.74 Å². The van der Waals surface area contributed by atoms with E-state index in [0.717, 1.165) is 54.8 Å². The van der Waals surface area contributed by atoms with E-state index >= 15 is 0 Å². The van der Waals surface area contributed by atoms with Gasteiger partial charge in [-0.3, -0.25) is 4.79 Å². The van der Waals surface area contributed by atoms with Crippen LogP contribution in [-0.2, 0) is 16.0 Å². The average molecular weight is 455 g/mol. The highest BCUT2D eigenvalue weighted by atomic mass is 16.6. The first kappa shape index (κ1) is 26.8. The Bertz CT molecular complexity index is 775. The van der Waals surface area contributed by atoms with Gasteiger partial charge >= 0.3 is 5.97 Å². The molecule has 1 aromatic heterocycles. The van der Waals surface area contributed by atoms with Crippen molar-refractivity contribution in [2.45, 2.75) is 104 Å². The molecule has 0 fully saturated rings. The second-order valence-electron chi connectivity index (χ2n) is 8.87. The number of rotatable bonds is 17. The summed E-state index contributed by atoms with van der Waals surface area (Å²) in [5.41, 5.74) is 2.92. The lowest BCUT2D eigenvalue weighted by Crippen LogP contribution is -2.21. The molecule has 1 aromatic carbocycles. The van der Waals surface area contributed by atoms with Gasteiger partial charge in [0, 0.05) is 12.0 Å². The number of aromatic nitrogens is 2. The molecular formula is C28H42N2O3. The van der Waals surface area contributed by atoms with Gasteiger partial charge in [0.15, 0.2) is 0 Å². The third-order valence-corrected chi connectivity index (χ3v) is 5.71. The number of unbranched alkanes of at least 4 members (excludes halogenated alkanes) is 8. The molecule has 0 radical (unpaired) electrons. The van der Waals surface area contributed by atoms with Crippen molar-refractivity contribution in [3.8, 4) is 17.0 Å². The van der Waals surface area contributed by atoms with Crippen LogP contribution in [0.1, 0.15) is 97.1 Å². The Labute approximate surface area is 200 Å². The monoisotopic (exact) mass is 454 g/mol. The molecular weight excluding hydrogens is 412 g/mol. The number of aryl methyl sites for hydroxylation is 1. The number of hydrogen-bond donors (Lipinski definition) is 0. The second-order valence-corrected chi connectivity index (χ2v) is 8.87. The molecule has 0 amide bonds. The Hall–Kier alpha value is -2.43. The van der Waals surface area contributed by atoms with Crippen molar-refractivity contribution in [3.63, 3.8) is 0 Å². The molecule has 0 saturated carbocycles. The van der Waals surface area contributed by atoms with Crippen molar-refractivity contribution in [2.24, 2.45) is 0 Å². The molecule has 0 N–H and O–H groups in total. The molecule has 0 aliphatic heterocycles. The number of carbonyl (C=O) groups excluding carboxylic acids is 1. The van der Waals surface area contributed by atoms with Crippen molar-refractivity contribution >= 4 is 5.97 Å². The van der Waals surface area contributed by atoms with Crippen LogP contribution in [-0.4, -0.2) is 28.9 Å². The number of hydrogen-bond acceptors (Lipinski definition) is 5. The van der Waals surface area contributed by atoms with Crippen LogP contribution in [0.15, 0.2) is 36.4 Å². The fourth-order valence-corrected chi connectivity index (χ4v) is 3.68. The first-order valence-corrected chi connectivity index (χ1v) is 12.9. The standard InChI is InChI=1S/C28H42N2O3/c1-4-6-8-10-11-12-14-25-18-21-27(30-29-25)24-16-19-26(20-17-24)33-23(3)22-32-28(31)15-13-9-7-5-2/h16-21,23H,4-15,22H2,1-3H3. The average Bonchev–Trinajstić information content (AvgIpc) is 2.84. The molecule has 1 atom stereocenters. The van der Waals surface area contributed by atoms with Gasteiger partial charge in [-0.15, -0.1) is 0 Å². The number of esters is 1. The molecule has 5 nitrogen and oxygen atoms in total. The number of ether oxygens (including phenoxy) is 2. The minimum atomic E-state index is -0.198. The first-order chi connectivity index (χ1) is 16.1. The van der Waals surface area contributed by atoms with Gasteiger partial charge in [-0.25, -0.2) is 0 Å². The summed E-state index contributed by atoms with van der Waals surface area (Å²) < 4.78 is 11.2. The maximum Gasteiger partial charge on any atom is 0.305 e. The molecule has 5 heteroatoms. The van der Waals surface area contributed by atoms with Gasteiger partial charge in [0.1, 0.15) is 18.5 Å². The Morgan fingerprint density at radius 1 is 0.818 bits per heavy atom. The topological polar surface area (TPSA) is 61.3 Å². The van der Waals surface area contributed by atoms with E-state index in [2.05, 4.69) is 30.1 Å². The van der Waals surface area contributed by atoms with Crippen molar-refractivity contribution in [3.05, 3.63) is 42.1 Å². The lowest BCUT2D eigenvalue weighted by molar-refractivity contribution is -0.146. The van der Waals surface area contributed by atoms with Crippen LogP contribution in [0.3, 0.4) is 0 Å². The Balaban J connectivity index is 1.71. The summed E-state index contributed by atoms with van der Waals surface area (Å²) in [6, 6.07) is 11.9. The second kappa shape index (κ2) is 16.2. The third kappa shape index (κ3) is 11.3. The zero-order chi connectivity index (χ0) is 23.7. The van der Waals surface area contributed by atoms with Gasteiger partial charge in [0.05, 0.1) is 11.4 Å². The van der Waals surface area contributed by atoms with Crippen LogP contribution in [0.4, 0.5) is 0 Å². The molecule has 182 valence electrons. The molecule has 2 aromatic rings. The van der Waals surface area contributed by atoms with E-state index in [1.165, 1.54) is 38.5 Å². The number of benzene rings is 1. The van der Waals surface area contributed by atoms with Gasteiger partial charge in [0.25, 0.3) is 0 Å². The molecule has 2 rings (SSSR count). The van der Waals surface area contributed by atoms with E-state index in [1.54, 1.807) is 0 Å². The lowest BCUT2D eigenvalue weighted by atomic mass is 10.1. The highest BCUT2D eigenvalue weighted by Crippen LogP contribution is 2.21. The minimum absolute atomic E-state index is 0.143. The highest BCUT2D eigenvalue weighted by Gasteiger charge is 2.09. The van der Waals surface area contributed by atoms with Crippen molar-refractivity contribution < 1.29 is 14.3 Å². The molecule has 33 heavy (non-hydrogen) atoms. The van der Waals surface area contributed by atoms with Crippen LogP contribution in [0, 0.1) is 0 Å². The molecule has 1 heterocycles. The van der Waals surface area contributed by atoms with Crippen molar-refractivity contribution in [1.29, 1.82) is 0 Å². The number of carbonyl (C=O) groups is 1. The summed E-state index contributed by atoms with van der Waals surface area (Å²) >= 11 is 0. The SMILES string of the molecule is CCCCCCCCc1ccc(-c2ccc(OC(C)COC(=O)CCCCCC)cc2)nn1. The molecule has 1 unspecified atom stereocenters. The fourth-order valence-electron chi connectivity index (χ4n) is 3.68. The normalized spacial score (nSPS) is 11.8. The van der Waals surface area contributed by atoms with Crippen LogP contribution in [0.2, 0.25) is 0 Å². The molecule has 0 saturated heterocycles.